The van der Waals surface area contributed by atoms with E-state index < -0.39 is 0 Å². The standard InChI is InChI=1S/C21H22ClNO4S/c1-3-27-21(25)12-13-23-20(24)11-9-15-8-10-16(14-17(15)22)28-19-7-5-4-6-18(19)26-2/h4-11,14H,3,12-13H2,1-2H3,(H,23,24). The molecule has 0 radical (unpaired) electrons. The molecule has 0 heterocycles. The van der Waals surface area contributed by atoms with E-state index in [9.17, 15) is 9.59 Å². The highest BCUT2D eigenvalue weighted by Crippen LogP contribution is 2.36. The van der Waals surface area contributed by atoms with Crippen LogP contribution in [-0.2, 0) is 14.3 Å². The lowest BCUT2D eigenvalue weighted by molar-refractivity contribution is -0.142. The monoisotopic (exact) mass is 419 g/mol. The smallest absolute Gasteiger partial charge is 0.307 e. The predicted molar refractivity (Wildman–Crippen MR) is 112 cm³/mol. The SMILES string of the molecule is CCOC(=O)CCNC(=O)C=Cc1ccc(Sc2ccccc2OC)cc1Cl. The van der Waals surface area contributed by atoms with Crippen LogP contribution in [-0.4, -0.2) is 32.1 Å². The summed E-state index contributed by atoms with van der Waals surface area (Å²) in [6.07, 6.45) is 3.17. The zero-order valence-corrected chi connectivity index (χ0v) is 17.3. The molecule has 5 nitrogen and oxygen atoms in total. The molecule has 2 aromatic rings. The lowest BCUT2D eigenvalue weighted by Gasteiger charge is -2.08. The molecular formula is C21H22ClNO4S. The van der Waals surface area contributed by atoms with E-state index in [2.05, 4.69) is 5.32 Å². The van der Waals surface area contributed by atoms with E-state index >= 15 is 0 Å². The first-order valence-electron chi connectivity index (χ1n) is 8.75. The molecule has 148 valence electrons. The molecule has 2 aromatic carbocycles. The lowest BCUT2D eigenvalue weighted by atomic mass is 10.2. The molecule has 0 saturated heterocycles. The topological polar surface area (TPSA) is 64.6 Å². The number of ether oxygens (including phenoxy) is 2. The molecule has 0 atom stereocenters. The fourth-order valence-corrected chi connectivity index (χ4v) is 3.56. The van der Waals surface area contributed by atoms with Crippen LogP contribution in [0.2, 0.25) is 5.02 Å². The van der Waals surface area contributed by atoms with Gasteiger partial charge in [-0.15, -0.1) is 0 Å². The number of nitrogens with one attached hydrogen (secondary N) is 1. The second-order valence-corrected chi connectivity index (χ2v) is 7.14. The minimum atomic E-state index is -0.335. The molecule has 1 amide bonds. The first-order chi connectivity index (χ1) is 13.5. The van der Waals surface area contributed by atoms with Crippen LogP contribution < -0.4 is 10.1 Å². The third-order valence-electron chi connectivity index (χ3n) is 3.62. The summed E-state index contributed by atoms with van der Waals surface area (Å²) in [5.74, 6) is 0.165. The van der Waals surface area contributed by atoms with E-state index in [4.69, 9.17) is 21.1 Å². The highest BCUT2D eigenvalue weighted by Gasteiger charge is 2.07. The predicted octanol–water partition coefficient (Wildman–Crippen LogP) is 4.58. The normalized spacial score (nSPS) is 10.7. The Balaban J connectivity index is 1.93. The molecule has 0 unspecified atom stereocenters. The van der Waals surface area contributed by atoms with Crippen molar-refractivity contribution in [3.05, 3.63) is 59.1 Å². The first kappa shape index (κ1) is 21.9. The number of para-hydroxylation sites is 1. The van der Waals surface area contributed by atoms with E-state index in [1.54, 1.807) is 31.9 Å². The summed E-state index contributed by atoms with van der Waals surface area (Å²) in [5.41, 5.74) is 0.728. The van der Waals surface area contributed by atoms with Crippen molar-refractivity contribution < 1.29 is 19.1 Å². The minimum Gasteiger partial charge on any atom is -0.496 e. The largest absolute Gasteiger partial charge is 0.496 e. The van der Waals surface area contributed by atoms with E-state index in [0.29, 0.717) is 11.6 Å². The quantitative estimate of drug-likeness (QED) is 0.476. The highest BCUT2D eigenvalue weighted by molar-refractivity contribution is 7.99. The molecule has 0 aromatic heterocycles. The van der Waals surface area contributed by atoms with Gasteiger partial charge in [-0.3, -0.25) is 9.59 Å². The Hall–Kier alpha value is -2.44. The van der Waals surface area contributed by atoms with Gasteiger partial charge in [0, 0.05) is 22.5 Å². The third kappa shape index (κ3) is 6.94. The van der Waals surface area contributed by atoms with Crippen LogP contribution in [0.25, 0.3) is 6.08 Å². The zero-order valence-electron chi connectivity index (χ0n) is 15.7. The Morgan fingerprint density at radius 3 is 2.71 bits per heavy atom. The van der Waals surface area contributed by atoms with Gasteiger partial charge in [0.05, 0.1) is 25.0 Å². The van der Waals surface area contributed by atoms with Gasteiger partial charge in [-0.1, -0.05) is 41.6 Å². The number of carbonyl (C=O) groups excluding carboxylic acids is 2. The van der Waals surface area contributed by atoms with Crippen LogP contribution in [0.4, 0.5) is 0 Å². The van der Waals surface area contributed by atoms with Crippen molar-refractivity contribution in [1.29, 1.82) is 0 Å². The van der Waals surface area contributed by atoms with Gasteiger partial charge < -0.3 is 14.8 Å². The Labute approximate surface area is 174 Å². The number of halogens is 1. The molecule has 28 heavy (non-hydrogen) atoms. The average molecular weight is 420 g/mol. The van der Waals surface area contributed by atoms with Crippen LogP contribution >= 0.6 is 23.4 Å². The van der Waals surface area contributed by atoms with Gasteiger partial charge in [0.2, 0.25) is 5.91 Å². The molecule has 0 aliphatic heterocycles. The van der Waals surface area contributed by atoms with E-state index in [-0.39, 0.29) is 24.8 Å². The van der Waals surface area contributed by atoms with Crippen molar-refractivity contribution in [2.75, 3.05) is 20.3 Å². The van der Waals surface area contributed by atoms with Gasteiger partial charge in [-0.05, 0) is 42.8 Å². The fourth-order valence-electron chi connectivity index (χ4n) is 2.28. The second kappa shape index (κ2) is 11.4. The number of carbonyl (C=O) groups is 2. The summed E-state index contributed by atoms with van der Waals surface area (Å²) in [6, 6.07) is 13.4. The summed E-state index contributed by atoms with van der Waals surface area (Å²) in [4.78, 5) is 25.0. The summed E-state index contributed by atoms with van der Waals surface area (Å²) < 4.78 is 10.2. The lowest BCUT2D eigenvalue weighted by Crippen LogP contribution is -2.24. The fraction of sp³-hybridized carbons (Fsp3) is 0.238. The number of rotatable bonds is 9. The Morgan fingerprint density at radius 2 is 2.00 bits per heavy atom. The zero-order chi connectivity index (χ0) is 20.4. The van der Waals surface area contributed by atoms with Gasteiger partial charge in [-0.2, -0.15) is 0 Å². The van der Waals surface area contributed by atoms with Crippen molar-refractivity contribution in [1.82, 2.24) is 5.32 Å². The third-order valence-corrected chi connectivity index (χ3v) is 4.99. The van der Waals surface area contributed by atoms with Crippen molar-refractivity contribution in [2.24, 2.45) is 0 Å². The molecule has 0 saturated carbocycles. The molecule has 0 aliphatic carbocycles. The number of esters is 1. The van der Waals surface area contributed by atoms with E-state index in [1.807, 2.05) is 42.5 Å². The van der Waals surface area contributed by atoms with Crippen LogP contribution in [0.15, 0.2) is 58.3 Å². The maximum atomic E-state index is 11.8. The Bertz CT molecular complexity index is 854. The molecule has 0 bridgehead atoms. The van der Waals surface area contributed by atoms with Gasteiger partial charge in [-0.25, -0.2) is 0 Å². The summed E-state index contributed by atoms with van der Waals surface area (Å²) >= 11 is 7.89. The number of hydrogen-bond acceptors (Lipinski definition) is 5. The van der Waals surface area contributed by atoms with E-state index in [1.165, 1.54) is 6.08 Å². The van der Waals surface area contributed by atoms with Gasteiger partial charge in [0.1, 0.15) is 5.75 Å². The molecule has 0 fully saturated rings. The number of hydrogen-bond donors (Lipinski definition) is 1. The van der Waals surface area contributed by atoms with Crippen LogP contribution in [0.5, 0.6) is 5.75 Å². The molecule has 2 rings (SSSR count). The molecule has 0 aliphatic rings. The molecule has 7 heteroatoms. The molecule has 1 N–H and O–H groups in total. The molecular weight excluding hydrogens is 398 g/mol. The van der Waals surface area contributed by atoms with Gasteiger partial charge in [0.25, 0.3) is 0 Å². The summed E-state index contributed by atoms with van der Waals surface area (Å²) in [5, 5.41) is 3.17. The first-order valence-corrected chi connectivity index (χ1v) is 9.95. The molecule has 0 spiro atoms. The van der Waals surface area contributed by atoms with E-state index in [0.717, 1.165) is 21.1 Å². The second-order valence-electron chi connectivity index (χ2n) is 5.62. The minimum absolute atomic E-state index is 0.142. The number of amides is 1. The van der Waals surface area contributed by atoms with Gasteiger partial charge >= 0.3 is 5.97 Å². The number of methoxy groups -OCH3 is 1. The summed E-state index contributed by atoms with van der Waals surface area (Å²) in [7, 11) is 1.64. The number of benzene rings is 2. The van der Waals surface area contributed by atoms with Crippen molar-refractivity contribution in [3.63, 3.8) is 0 Å². The maximum absolute atomic E-state index is 11.8. The average Bonchev–Trinajstić information content (AvgIpc) is 2.68. The Kier molecular flexibility index (Phi) is 8.91. The van der Waals surface area contributed by atoms with Crippen LogP contribution in [0.3, 0.4) is 0 Å². The van der Waals surface area contributed by atoms with Crippen molar-refractivity contribution >= 4 is 41.3 Å². The van der Waals surface area contributed by atoms with Crippen LogP contribution in [0, 0.1) is 0 Å². The maximum Gasteiger partial charge on any atom is 0.307 e. The van der Waals surface area contributed by atoms with Gasteiger partial charge in [0.15, 0.2) is 0 Å². The van der Waals surface area contributed by atoms with Crippen LogP contribution in [0.1, 0.15) is 18.9 Å². The highest BCUT2D eigenvalue weighted by atomic mass is 35.5. The van der Waals surface area contributed by atoms with Crippen molar-refractivity contribution in [2.45, 2.75) is 23.1 Å². The van der Waals surface area contributed by atoms with Crippen molar-refractivity contribution in [3.8, 4) is 5.75 Å². The summed E-state index contributed by atoms with van der Waals surface area (Å²) in [6.45, 7) is 2.30. The Morgan fingerprint density at radius 1 is 1.21 bits per heavy atom.